The number of nitrogens with zero attached hydrogens (tertiary/aromatic N) is 4. The summed E-state index contributed by atoms with van der Waals surface area (Å²) in [7, 11) is 0. The van der Waals surface area contributed by atoms with E-state index in [1.165, 1.54) is 48.5 Å². The lowest BCUT2D eigenvalue weighted by Gasteiger charge is -2.26. The third kappa shape index (κ3) is 11.2. The number of nitrogens with one attached hydrogen (secondary N) is 2. The minimum atomic E-state index is -0.466. The van der Waals surface area contributed by atoms with Gasteiger partial charge in [0.25, 0.3) is 11.4 Å². The molecular formula is C45H40N6O8. The largest absolute Gasteiger partial charge is 0.457 e. The first-order valence-corrected chi connectivity index (χ1v) is 18.9. The van der Waals surface area contributed by atoms with Crippen LogP contribution in [0.3, 0.4) is 0 Å². The van der Waals surface area contributed by atoms with Gasteiger partial charge in [0.2, 0.25) is 0 Å². The molecule has 0 aromatic heterocycles. The maximum atomic E-state index is 13.8. The summed E-state index contributed by atoms with van der Waals surface area (Å²) in [5, 5.41) is 28.0. The minimum absolute atomic E-state index is 0.0250. The van der Waals surface area contributed by atoms with Gasteiger partial charge in [-0.2, -0.15) is 0 Å². The summed E-state index contributed by atoms with van der Waals surface area (Å²) < 4.78 is 11.8. The molecule has 59 heavy (non-hydrogen) atoms. The molecule has 6 aromatic carbocycles. The highest BCUT2D eigenvalue weighted by Crippen LogP contribution is 2.41. The van der Waals surface area contributed by atoms with Crippen molar-refractivity contribution in [2.45, 2.75) is 19.5 Å². The zero-order chi connectivity index (χ0) is 41.1. The van der Waals surface area contributed by atoms with Crippen LogP contribution in [0.25, 0.3) is 0 Å². The molecule has 14 nitrogen and oxygen atoms in total. The fourth-order valence-electron chi connectivity index (χ4n) is 6.52. The molecule has 298 valence electrons. The molecule has 0 saturated heterocycles. The van der Waals surface area contributed by atoms with Crippen molar-refractivity contribution in [1.29, 1.82) is 0 Å². The maximum absolute atomic E-state index is 13.8. The standard InChI is InChI=1S/C45H40N6O8/c52-44(46-36-7-3-1-4-8-36)48(28-32-11-19-40(20-12-32)58-42-23-15-38(16-24-42)50(54)55)30-34-27-35(34)31-49(45(53)47-37-9-5-2-6-10-37)29-33-13-21-41(22-14-33)59-43-25-17-39(18-26-43)51(56)57/h1-26,34-35H,27-31H2,(H,46,52)(H,47,53). The van der Waals surface area contributed by atoms with Crippen LogP contribution in [0.2, 0.25) is 0 Å². The summed E-state index contributed by atoms with van der Waals surface area (Å²) in [5.41, 5.74) is 3.06. The van der Waals surface area contributed by atoms with Crippen molar-refractivity contribution >= 4 is 34.8 Å². The average Bonchev–Trinajstić information content (AvgIpc) is 3.99. The van der Waals surface area contributed by atoms with Crippen molar-refractivity contribution in [2.75, 3.05) is 23.7 Å². The topological polar surface area (TPSA) is 169 Å². The van der Waals surface area contributed by atoms with E-state index < -0.39 is 9.85 Å². The van der Waals surface area contributed by atoms with Crippen molar-refractivity contribution in [3.05, 3.63) is 189 Å². The van der Waals surface area contributed by atoms with Crippen LogP contribution < -0.4 is 20.1 Å². The highest BCUT2D eigenvalue weighted by atomic mass is 16.6. The number of para-hydroxylation sites is 2. The van der Waals surface area contributed by atoms with Gasteiger partial charge in [0, 0.05) is 61.8 Å². The van der Waals surface area contributed by atoms with E-state index >= 15 is 0 Å². The van der Waals surface area contributed by atoms with Gasteiger partial charge < -0.3 is 29.9 Å². The van der Waals surface area contributed by atoms with Crippen LogP contribution in [0.1, 0.15) is 17.5 Å². The van der Waals surface area contributed by atoms with Gasteiger partial charge in [0.05, 0.1) is 9.85 Å². The Balaban J connectivity index is 1.02. The Hall–Kier alpha value is -7.74. The van der Waals surface area contributed by atoms with Crippen LogP contribution in [0.5, 0.6) is 23.0 Å². The van der Waals surface area contributed by atoms with E-state index in [-0.39, 0.29) is 35.3 Å². The van der Waals surface area contributed by atoms with Crippen molar-refractivity contribution in [3.63, 3.8) is 0 Å². The average molecular weight is 793 g/mol. The highest BCUT2D eigenvalue weighted by molar-refractivity contribution is 5.90. The third-order valence-corrected chi connectivity index (χ3v) is 9.76. The summed E-state index contributed by atoms with van der Waals surface area (Å²) in [4.78, 5) is 52.2. The SMILES string of the molecule is O=C(Nc1ccccc1)N(Cc1ccc(Oc2ccc([N+](=O)[O-])cc2)cc1)CC1CC1CN(Cc1ccc(Oc2ccc([N+](=O)[O-])cc2)cc1)C(=O)Nc1ccccc1. The molecular weight excluding hydrogens is 753 g/mol. The molecule has 1 aliphatic carbocycles. The van der Waals surface area contributed by atoms with Crippen molar-refractivity contribution in [3.8, 4) is 23.0 Å². The molecule has 0 radical (unpaired) electrons. The predicted molar refractivity (Wildman–Crippen MR) is 223 cm³/mol. The van der Waals surface area contributed by atoms with Crippen LogP contribution in [0, 0.1) is 32.1 Å². The fourth-order valence-corrected chi connectivity index (χ4v) is 6.52. The Morgan fingerprint density at radius 3 is 1.15 bits per heavy atom. The normalized spacial score (nSPS) is 14.0. The predicted octanol–water partition coefficient (Wildman–Crippen LogP) is 10.5. The number of amides is 4. The van der Waals surface area contributed by atoms with Crippen molar-refractivity contribution in [1.82, 2.24) is 9.80 Å². The number of carbonyl (C=O) groups is 2. The summed E-state index contributed by atoms with van der Waals surface area (Å²) >= 11 is 0. The Kier molecular flexibility index (Phi) is 12.4. The van der Waals surface area contributed by atoms with Crippen molar-refractivity contribution in [2.24, 2.45) is 11.8 Å². The van der Waals surface area contributed by atoms with E-state index in [4.69, 9.17) is 9.47 Å². The summed E-state index contributed by atoms with van der Waals surface area (Å²) in [6.45, 7) is 1.58. The molecule has 1 fully saturated rings. The lowest BCUT2D eigenvalue weighted by Crippen LogP contribution is -2.38. The van der Waals surface area contributed by atoms with Gasteiger partial charge in [-0.1, -0.05) is 60.7 Å². The molecule has 2 unspecified atom stereocenters. The Bertz CT molecular complexity index is 2200. The number of nitro groups is 2. The Morgan fingerprint density at radius 1 is 0.508 bits per heavy atom. The summed E-state index contributed by atoms with van der Waals surface area (Å²) in [5.74, 6) is 2.31. The number of urea groups is 2. The van der Waals surface area contributed by atoms with Gasteiger partial charge in [-0.25, -0.2) is 9.59 Å². The second-order valence-corrected chi connectivity index (χ2v) is 14.1. The lowest BCUT2D eigenvalue weighted by atomic mass is 10.1. The molecule has 0 aliphatic heterocycles. The number of carbonyl (C=O) groups excluding carboxylic acids is 2. The molecule has 1 aliphatic rings. The first-order chi connectivity index (χ1) is 28.6. The molecule has 0 spiro atoms. The number of anilines is 2. The van der Waals surface area contributed by atoms with E-state index in [0.29, 0.717) is 60.6 Å². The van der Waals surface area contributed by atoms with E-state index in [1.54, 1.807) is 34.1 Å². The zero-order valence-corrected chi connectivity index (χ0v) is 31.8. The third-order valence-electron chi connectivity index (χ3n) is 9.76. The zero-order valence-electron chi connectivity index (χ0n) is 31.8. The Labute approximate surface area is 339 Å². The second-order valence-electron chi connectivity index (χ2n) is 14.1. The van der Waals surface area contributed by atoms with Gasteiger partial charge >= 0.3 is 12.1 Å². The number of benzene rings is 6. The van der Waals surface area contributed by atoms with E-state index in [1.807, 2.05) is 84.9 Å². The van der Waals surface area contributed by atoms with E-state index in [0.717, 1.165) is 17.5 Å². The number of hydrogen-bond acceptors (Lipinski definition) is 8. The lowest BCUT2D eigenvalue weighted by molar-refractivity contribution is -0.385. The highest BCUT2D eigenvalue weighted by Gasteiger charge is 2.41. The van der Waals surface area contributed by atoms with Crippen LogP contribution in [-0.2, 0) is 13.1 Å². The molecule has 14 heteroatoms. The number of ether oxygens (including phenoxy) is 2. The first kappa shape index (κ1) is 39.5. The van der Waals surface area contributed by atoms with Gasteiger partial charge in [0.15, 0.2) is 0 Å². The smallest absolute Gasteiger partial charge is 0.322 e. The summed E-state index contributed by atoms with van der Waals surface area (Å²) in [6, 6.07) is 44.4. The van der Waals surface area contributed by atoms with E-state index in [2.05, 4.69) is 10.6 Å². The van der Waals surface area contributed by atoms with Crippen LogP contribution in [0.4, 0.5) is 32.3 Å². The maximum Gasteiger partial charge on any atom is 0.322 e. The van der Waals surface area contributed by atoms with Crippen LogP contribution >= 0.6 is 0 Å². The van der Waals surface area contributed by atoms with E-state index in [9.17, 15) is 29.8 Å². The monoisotopic (exact) mass is 792 g/mol. The first-order valence-electron chi connectivity index (χ1n) is 18.9. The van der Waals surface area contributed by atoms with Gasteiger partial charge in [0.1, 0.15) is 23.0 Å². The van der Waals surface area contributed by atoms with Gasteiger partial charge in [-0.3, -0.25) is 20.2 Å². The van der Waals surface area contributed by atoms with Gasteiger partial charge in [-0.05, 0) is 102 Å². The number of nitro benzene ring substituents is 2. The molecule has 0 heterocycles. The Morgan fingerprint density at radius 2 is 0.831 bits per heavy atom. The fraction of sp³-hybridized carbons (Fsp3) is 0.156. The number of non-ortho nitro benzene ring substituents is 2. The molecule has 6 aromatic rings. The van der Waals surface area contributed by atoms with Gasteiger partial charge in [-0.15, -0.1) is 0 Å². The second kappa shape index (κ2) is 18.5. The minimum Gasteiger partial charge on any atom is -0.457 e. The van der Waals surface area contributed by atoms with Crippen LogP contribution in [-0.4, -0.2) is 44.8 Å². The quantitative estimate of drug-likeness (QED) is 0.0720. The molecule has 0 bridgehead atoms. The van der Waals surface area contributed by atoms with Crippen LogP contribution in [0.15, 0.2) is 158 Å². The number of rotatable bonds is 16. The molecule has 2 atom stereocenters. The molecule has 2 N–H and O–H groups in total. The molecule has 7 rings (SSSR count). The molecule has 4 amide bonds. The number of hydrogen-bond donors (Lipinski definition) is 2. The molecule has 1 saturated carbocycles. The van der Waals surface area contributed by atoms with Crippen molar-refractivity contribution < 1.29 is 28.9 Å². The summed E-state index contributed by atoms with van der Waals surface area (Å²) in [6.07, 6.45) is 0.828.